The first-order chi connectivity index (χ1) is 10.7. The molecule has 0 aliphatic heterocycles. The van der Waals surface area contributed by atoms with Crippen molar-refractivity contribution >= 4 is 35.0 Å². The molecule has 1 aromatic rings. The third kappa shape index (κ3) is 3.99. The smallest absolute Gasteiger partial charge is 0.251 e. The van der Waals surface area contributed by atoms with Crippen LogP contribution < -0.4 is 10.6 Å². The number of amides is 2. The lowest BCUT2D eigenvalue weighted by atomic mass is 10.1. The Balaban J connectivity index is 1.96. The van der Waals surface area contributed by atoms with E-state index in [1.807, 2.05) is 19.9 Å². The molecule has 1 aliphatic rings. The normalized spacial score (nSPS) is 23.0. The molecule has 1 aromatic carbocycles. The van der Waals surface area contributed by atoms with Gasteiger partial charge in [0.1, 0.15) is 4.33 Å². The molecular formula is C17H22Cl2N2O2. The van der Waals surface area contributed by atoms with Crippen LogP contribution in [0.3, 0.4) is 0 Å². The molecule has 2 rings (SSSR count). The van der Waals surface area contributed by atoms with E-state index in [9.17, 15) is 9.59 Å². The van der Waals surface area contributed by atoms with Gasteiger partial charge >= 0.3 is 0 Å². The van der Waals surface area contributed by atoms with E-state index in [0.29, 0.717) is 18.5 Å². The quantitative estimate of drug-likeness (QED) is 0.767. The number of halogens is 2. The van der Waals surface area contributed by atoms with E-state index >= 15 is 0 Å². The summed E-state index contributed by atoms with van der Waals surface area (Å²) in [5.41, 5.74) is 0.703. The number of carbonyl (C=O) groups is 2. The summed E-state index contributed by atoms with van der Waals surface area (Å²) in [6.45, 7) is 6.06. The monoisotopic (exact) mass is 356 g/mol. The zero-order chi connectivity index (χ0) is 17.3. The van der Waals surface area contributed by atoms with Gasteiger partial charge in [-0.2, -0.15) is 0 Å². The van der Waals surface area contributed by atoms with Crippen LogP contribution in [0.25, 0.3) is 0 Å². The minimum Gasteiger partial charge on any atom is -0.351 e. The lowest BCUT2D eigenvalue weighted by Gasteiger charge is -2.14. The Hall–Kier alpha value is -1.26. The van der Waals surface area contributed by atoms with Crippen LogP contribution in [-0.2, 0) is 11.3 Å². The topological polar surface area (TPSA) is 58.2 Å². The van der Waals surface area contributed by atoms with Crippen LogP contribution in [0.2, 0.25) is 0 Å². The highest BCUT2D eigenvalue weighted by molar-refractivity contribution is 6.53. The number of hydrogen-bond donors (Lipinski definition) is 2. The summed E-state index contributed by atoms with van der Waals surface area (Å²) in [5, 5.41) is 5.76. The number of alkyl halides is 2. The van der Waals surface area contributed by atoms with E-state index in [-0.39, 0.29) is 17.9 Å². The van der Waals surface area contributed by atoms with Gasteiger partial charge in [0.25, 0.3) is 5.91 Å². The summed E-state index contributed by atoms with van der Waals surface area (Å²) in [5.74, 6) is -0.279. The predicted molar refractivity (Wildman–Crippen MR) is 92.7 cm³/mol. The molecule has 0 spiro atoms. The predicted octanol–water partition coefficient (Wildman–Crippen LogP) is 3.42. The molecular weight excluding hydrogens is 335 g/mol. The lowest BCUT2D eigenvalue weighted by Crippen LogP contribution is -2.33. The number of nitrogens with one attached hydrogen (secondary N) is 2. The lowest BCUT2D eigenvalue weighted by molar-refractivity contribution is -0.125. The fraction of sp³-hybridized carbons (Fsp3) is 0.529. The van der Waals surface area contributed by atoms with E-state index in [4.69, 9.17) is 23.2 Å². The van der Waals surface area contributed by atoms with Gasteiger partial charge in [-0.1, -0.05) is 19.1 Å². The standard InChI is InChI=1S/C17H22Cl2N2O2/c1-4-11(2)21-14(22)13-7-5-6-12(8-13)9-20-15(23)16(3)10-17(16,18)19/h5-8,11H,4,9-10H2,1-3H3,(H,20,23)(H,21,22)/t11-,16+/m0/s1. The molecule has 1 aliphatic carbocycles. The number of benzene rings is 1. The third-order valence-corrected chi connectivity index (χ3v) is 5.49. The van der Waals surface area contributed by atoms with Crippen molar-refractivity contribution in [1.29, 1.82) is 0 Å². The van der Waals surface area contributed by atoms with Crippen LogP contribution in [-0.4, -0.2) is 22.2 Å². The van der Waals surface area contributed by atoms with Crippen molar-refractivity contribution < 1.29 is 9.59 Å². The Morgan fingerprint density at radius 3 is 2.57 bits per heavy atom. The molecule has 0 unspecified atom stereocenters. The van der Waals surface area contributed by atoms with E-state index in [0.717, 1.165) is 12.0 Å². The highest BCUT2D eigenvalue weighted by Crippen LogP contribution is 2.63. The summed E-state index contributed by atoms with van der Waals surface area (Å²) in [6.07, 6.45) is 1.32. The van der Waals surface area contributed by atoms with E-state index < -0.39 is 9.75 Å². The van der Waals surface area contributed by atoms with Gasteiger partial charge in [0.2, 0.25) is 5.91 Å². The molecule has 2 atom stereocenters. The Labute approximate surface area is 146 Å². The van der Waals surface area contributed by atoms with Crippen LogP contribution in [0.4, 0.5) is 0 Å². The molecule has 1 saturated carbocycles. The molecule has 0 saturated heterocycles. The Bertz CT molecular complexity index is 618. The van der Waals surface area contributed by atoms with Crippen molar-refractivity contribution in [1.82, 2.24) is 10.6 Å². The molecule has 2 amide bonds. The Kier molecular flexibility index (Phi) is 5.27. The highest BCUT2D eigenvalue weighted by Gasteiger charge is 2.67. The maximum atomic E-state index is 12.2. The second-order valence-corrected chi connectivity index (χ2v) is 7.86. The van der Waals surface area contributed by atoms with Crippen LogP contribution in [0.15, 0.2) is 24.3 Å². The number of carbonyl (C=O) groups excluding carboxylic acids is 2. The van der Waals surface area contributed by atoms with Crippen LogP contribution in [0.1, 0.15) is 49.5 Å². The van der Waals surface area contributed by atoms with Gasteiger partial charge in [-0.05, 0) is 44.4 Å². The van der Waals surface area contributed by atoms with Crippen LogP contribution in [0, 0.1) is 5.41 Å². The fourth-order valence-electron chi connectivity index (χ4n) is 2.26. The van der Waals surface area contributed by atoms with Crippen LogP contribution in [0.5, 0.6) is 0 Å². The minimum atomic E-state index is -0.977. The van der Waals surface area contributed by atoms with E-state index in [1.165, 1.54) is 0 Å². The second-order valence-electron chi connectivity index (χ2n) is 6.38. The van der Waals surface area contributed by atoms with E-state index in [1.54, 1.807) is 25.1 Å². The van der Waals surface area contributed by atoms with E-state index in [2.05, 4.69) is 10.6 Å². The van der Waals surface area contributed by atoms with Crippen molar-refractivity contribution in [3.05, 3.63) is 35.4 Å². The van der Waals surface area contributed by atoms with Gasteiger partial charge < -0.3 is 10.6 Å². The maximum absolute atomic E-state index is 12.2. The summed E-state index contributed by atoms with van der Waals surface area (Å²) < 4.78 is -0.977. The van der Waals surface area contributed by atoms with Gasteiger partial charge in [0, 0.05) is 18.2 Å². The molecule has 0 aromatic heterocycles. The molecule has 2 N–H and O–H groups in total. The van der Waals surface area contributed by atoms with Gasteiger partial charge in [0.15, 0.2) is 0 Å². The summed E-state index contributed by atoms with van der Waals surface area (Å²) in [6, 6.07) is 7.33. The zero-order valence-corrected chi connectivity index (χ0v) is 15.1. The maximum Gasteiger partial charge on any atom is 0.251 e. The van der Waals surface area contributed by atoms with Crippen molar-refractivity contribution in [3.63, 3.8) is 0 Å². The van der Waals surface area contributed by atoms with Gasteiger partial charge in [-0.15, -0.1) is 23.2 Å². The SMILES string of the molecule is CC[C@H](C)NC(=O)c1cccc(CNC(=O)[C@@]2(C)CC2(Cl)Cl)c1. The van der Waals surface area contributed by atoms with Crippen LogP contribution >= 0.6 is 23.2 Å². The largest absolute Gasteiger partial charge is 0.351 e. The molecule has 0 bridgehead atoms. The van der Waals surface area contributed by atoms with Crippen molar-refractivity contribution in [2.24, 2.45) is 5.41 Å². The first kappa shape index (κ1) is 18.1. The average molecular weight is 357 g/mol. The first-order valence-corrected chi connectivity index (χ1v) is 8.51. The minimum absolute atomic E-state index is 0.109. The Morgan fingerprint density at radius 2 is 2.00 bits per heavy atom. The fourth-order valence-corrected chi connectivity index (χ4v) is 2.96. The molecule has 0 radical (unpaired) electrons. The highest BCUT2D eigenvalue weighted by atomic mass is 35.5. The van der Waals surface area contributed by atoms with Crippen molar-refractivity contribution in [2.75, 3.05) is 0 Å². The molecule has 126 valence electrons. The summed E-state index contributed by atoms with van der Waals surface area (Å²) in [4.78, 5) is 24.3. The number of rotatable bonds is 6. The van der Waals surface area contributed by atoms with Gasteiger partial charge in [-0.3, -0.25) is 9.59 Å². The molecule has 6 heteroatoms. The summed E-state index contributed by atoms with van der Waals surface area (Å²) in [7, 11) is 0. The Morgan fingerprint density at radius 1 is 1.35 bits per heavy atom. The van der Waals surface area contributed by atoms with Crippen molar-refractivity contribution in [2.45, 2.75) is 50.5 Å². The summed E-state index contributed by atoms with van der Waals surface area (Å²) >= 11 is 12.0. The van der Waals surface area contributed by atoms with Crippen molar-refractivity contribution in [3.8, 4) is 0 Å². The number of hydrogen-bond acceptors (Lipinski definition) is 2. The third-order valence-electron chi connectivity index (χ3n) is 4.39. The second kappa shape index (κ2) is 6.70. The van der Waals surface area contributed by atoms with Gasteiger partial charge in [0.05, 0.1) is 5.41 Å². The first-order valence-electron chi connectivity index (χ1n) is 7.75. The molecule has 0 heterocycles. The van der Waals surface area contributed by atoms with Gasteiger partial charge in [-0.25, -0.2) is 0 Å². The zero-order valence-electron chi connectivity index (χ0n) is 13.6. The molecule has 1 fully saturated rings. The average Bonchev–Trinajstić information content (AvgIpc) is 3.04. The molecule has 4 nitrogen and oxygen atoms in total. The molecule has 23 heavy (non-hydrogen) atoms.